The van der Waals surface area contributed by atoms with Crippen molar-refractivity contribution in [3.05, 3.63) is 24.2 Å². The fourth-order valence-electron chi connectivity index (χ4n) is 4.60. The third-order valence-electron chi connectivity index (χ3n) is 6.19. The third kappa shape index (κ3) is 4.00. The van der Waals surface area contributed by atoms with Crippen LogP contribution in [0, 0.1) is 17.8 Å². The molecule has 0 aliphatic heterocycles. The van der Waals surface area contributed by atoms with Crippen molar-refractivity contribution in [3.8, 4) is 11.8 Å². The van der Waals surface area contributed by atoms with Crippen LogP contribution in [0.25, 0.3) is 17.0 Å². The first-order valence-corrected chi connectivity index (χ1v) is 10.9. The quantitative estimate of drug-likeness (QED) is 0.553. The molecule has 9 heteroatoms. The van der Waals surface area contributed by atoms with Gasteiger partial charge in [-0.1, -0.05) is 27.2 Å². The number of hydrogen-bond acceptors (Lipinski definition) is 7. The number of hydrogen-bond donors (Lipinski definition) is 0. The van der Waals surface area contributed by atoms with Crippen LogP contribution in [0.3, 0.4) is 0 Å². The third-order valence-corrected chi connectivity index (χ3v) is 6.19. The molecule has 0 aromatic carbocycles. The molecular formula is C22H30N6O3. The first kappa shape index (κ1) is 21.3. The smallest absolute Gasteiger partial charge is 0.341 e. The Bertz CT molecular complexity index is 1070. The van der Waals surface area contributed by atoms with Gasteiger partial charge in [0, 0.05) is 6.20 Å². The molecule has 0 spiro atoms. The molecular weight excluding hydrogens is 396 g/mol. The van der Waals surface area contributed by atoms with Crippen LogP contribution < -0.4 is 4.74 Å². The van der Waals surface area contributed by atoms with Gasteiger partial charge in [0.25, 0.3) is 5.95 Å². The van der Waals surface area contributed by atoms with Crippen LogP contribution >= 0.6 is 0 Å². The minimum Gasteiger partial charge on any atom is -0.479 e. The maximum absolute atomic E-state index is 12.0. The predicted octanol–water partition coefficient (Wildman–Crippen LogP) is 3.83. The topological polar surface area (TPSA) is 97.0 Å². The largest absolute Gasteiger partial charge is 0.479 e. The highest BCUT2D eigenvalue weighted by molar-refractivity contribution is 5.88. The van der Waals surface area contributed by atoms with Crippen molar-refractivity contribution in [3.63, 3.8) is 0 Å². The molecule has 0 radical (unpaired) electrons. The monoisotopic (exact) mass is 426 g/mol. The highest BCUT2D eigenvalue weighted by atomic mass is 16.5. The predicted molar refractivity (Wildman–Crippen MR) is 115 cm³/mol. The zero-order chi connectivity index (χ0) is 22.1. The van der Waals surface area contributed by atoms with Gasteiger partial charge in [-0.2, -0.15) is 15.2 Å². The molecule has 3 heterocycles. The van der Waals surface area contributed by atoms with Crippen molar-refractivity contribution in [1.82, 2.24) is 29.5 Å². The number of carbonyl (C=O) groups excluding carboxylic acids is 1. The Balaban J connectivity index is 1.75. The van der Waals surface area contributed by atoms with Gasteiger partial charge in [-0.05, 0) is 37.5 Å². The molecule has 0 saturated heterocycles. The standard InChI is InChI=1S/C22H30N6O3/c1-6-31-21(29)15-10-23-27(12-15)22-25-17-11-24-28(19(17)20(26-22)30-5)18-9-14(4)7-8-16(18)13(2)3/h10-14,16,18H,6-9H2,1-5H3/t14-,16+,18+/m0/s1. The van der Waals surface area contributed by atoms with Crippen molar-refractivity contribution in [2.24, 2.45) is 17.8 Å². The lowest BCUT2D eigenvalue weighted by molar-refractivity contribution is 0.0526. The first-order valence-electron chi connectivity index (χ1n) is 10.9. The summed E-state index contributed by atoms with van der Waals surface area (Å²) in [7, 11) is 1.60. The highest BCUT2D eigenvalue weighted by Crippen LogP contribution is 2.42. The summed E-state index contributed by atoms with van der Waals surface area (Å²) >= 11 is 0. The Morgan fingerprint density at radius 1 is 1.23 bits per heavy atom. The fourth-order valence-corrected chi connectivity index (χ4v) is 4.60. The summed E-state index contributed by atoms with van der Waals surface area (Å²) in [6.07, 6.45) is 8.27. The van der Waals surface area contributed by atoms with Crippen LogP contribution in [0.2, 0.25) is 0 Å². The van der Waals surface area contributed by atoms with Gasteiger partial charge < -0.3 is 9.47 Å². The normalized spacial score (nSPS) is 21.5. The number of nitrogens with zero attached hydrogens (tertiary/aromatic N) is 6. The number of aromatic nitrogens is 6. The summed E-state index contributed by atoms with van der Waals surface area (Å²) in [5, 5.41) is 8.94. The van der Waals surface area contributed by atoms with Crippen LogP contribution in [-0.2, 0) is 4.74 Å². The van der Waals surface area contributed by atoms with Crippen molar-refractivity contribution < 1.29 is 14.3 Å². The second kappa shape index (κ2) is 8.64. The van der Waals surface area contributed by atoms with Crippen molar-refractivity contribution in [2.45, 2.75) is 53.0 Å². The number of rotatable bonds is 6. The van der Waals surface area contributed by atoms with Gasteiger partial charge >= 0.3 is 5.97 Å². The number of methoxy groups -OCH3 is 1. The summed E-state index contributed by atoms with van der Waals surface area (Å²) in [5.74, 6) is 2.09. The van der Waals surface area contributed by atoms with Gasteiger partial charge in [0.2, 0.25) is 5.88 Å². The van der Waals surface area contributed by atoms with Crippen molar-refractivity contribution in [1.29, 1.82) is 0 Å². The van der Waals surface area contributed by atoms with Gasteiger partial charge in [0.15, 0.2) is 0 Å². The summed E-state index contributed by atoms with van der Waals surface area (Å²) < 4.78 is 14.2. The zero-order valence-electron chi connectivity index (χ0n) is 18.8. The van der Waals surface area contributed by atoms with Crippen LogP contribution in [0.15, 0.2) is 18.6 Å². The Kier molecular flexibility index (Phi) is 5.93. The van der Waals surface area contributed by atoms with Gasteiger partial charge in [0.1, 0.15) is 11.0 Å². The van der Waals surface area contributed by atoms with Crippen molar-refractivity contribution in [2.75, 3.05) is 13.7 Å². The SMILES string of the molecule is CCOC(=O)c1cnn(-c2nc(OC)c3c(cnn3[C@@H]3C[C@@H](C)CC[C@@H]3C(C)C)n2)c1. The summed E-state index contributed by atoms with van der Waals surface area (Å²) in [4.78, 5) is 21.2. The Morgan fingerprint density at radius 3 is 2.74 bits per heavy atom. The van der Waals surface area contributed by atoms with Gasteiger partial charge in [-0.25, -0.2) is 14.5 Å². The molecule has 3 aromatic rings. The zero-order valence-corrected chi connectivity index (χ0v) is 18.8. The molecule has 9 nitrogen and oxygen atoms in total. The Morgan fingerprint density at radius 2 is 2.03 bits per heavy atom. The molecule has 0 amide bonds. The van der Waals surface area contributed by atoms with E-state index in [0.717, 1.165) is 11.9 Å². The van der Waals surface area contributed by atoms with E-state index in [0.29, 0.717) is 47.3 Å². The molecule has 166 valence electrons. The second-order valence-corrected chi connectivity index (χ2v) is 8.64. The summed E-state index contributed by atoms with van der Waals surface area (Å²) in [6, 6.07) is 0.282. The number of ether oxygens (including phenoxy) is 2. The van der Waals surface area contributed by atoms with Crippen LogP contribution in [-0.4, -0.2) is 49.2 Å². The molecule has 31 heavy (non-hydrogen) atoms. The van der Waals surface area contributed by atoms with E-state index in [2.05, 4.69) is 40.5 Å². The van der Waals surface area contributed by atoms with E-state index in [1.807, 2.05) is 0 Å². The average molecular weight is 427 g/mol. The van der Waals surface area contributed by atoms with Gasteiger partial charge in [-0.15, -0.1) is 0 Å². The Hall–Kier alpha value is -2.97. The maximum Gasteiger partial charge on any atom is 0.341 e. The van der Waals surface area contributed by atoms with E-state index in [9.17, 15) is 4.79 Å². The van der Waals surface area contributed by atoms with E-state index in [1.165, 1.54) is 23.7 Å². The molecule has 0 unspecified atom stereocenters. The summed E-state index contributed by atoms with van der Waals surface area (Å²) in [5.41, 5.74) is 1.83. The number of esters is 1. The molecule has 1 aliphatic carbocycles. The fraction of sp³-hybridized carbons (Fsp3) is 0.591. The van der Waals surface area contributed by atoms with Crippen LogP contribution in [0.4, 0.5) is 0 Å². The van der Waals surface area contributed by atoms with E-state index in [-0.39, 0.29) is 6.04 Å². The average Bonchev–Trinajstić information content (AvgIpc) is 3.40. The lowest BCUT2D eigenvalue weighted by Crippen LogP contribution is -2.30. The number of carbonyl (C=O) groups is 1. The maximum atomic E-state index is 12.0. The van der Waals surface area contributed by atoms with Gasteiger partial charge in [-0.3, -0.25) is 4.68 Å². The van der Waals surface area contributed by atoms with Crippen LogP contribution in [0.1, 0.15) is 63.4 Å². The molecule has 4 rings (SSSR count). The van der Waals surface area contributed by atoms with E-state index in [4.69, 9.17) is 14.6 Å². The molecule has 1 saturated carbocycles. The van der Waals surface area contributed by atoms with Gasteiger partial charge in [0.05, 0.1) is 37.7 Å². The molecule has 3 atom stereocenters. The lowest BCUT2D eigenvalue weighted by Gasteiger charge is -2.37. The minimum atomic E-state index is -0.430. The van der Waals surface area contributed by atoms with E-state index >= 15 is 0 Å². The van der Waals surface area contributed by atoms with Crippen molar-refractivity contribution >= 4 is 17.0 Å². The summed E-state index contributed by atoms with van der Waals surface area (Å²) in [6.45, 7) is 8.93. The number of fused-ring (bicyclic) bond motifs is 1. The van der Waals surface area contributed by atoms with Crippen LogP contribution in [0.5, 0.6) is 5.88 Å². The minimum absolute atomic E-state index is 0.282. The highest BCUT2D eigenvalue weighted by Gasteiger charge is 2.34. The van der Waals surface area contributed by atoms with E-state index < -0.39 is 5.97 Å². The second-order valence-electron chi connectivity index (χ2n) is 8.64. The molecule has 0 bridgehead atoms. The molecule has 1 fully saturated rings. The lowest BCUT2D eigenvalue weighted by atomic mass is 9.74. The molecule has 3 aromatic heterocycles. The molecule has 0 N–H and O–H groups in total. The molecule has 1 aliphatic rings. The Labute approximate surface area is 181 Å². The van der Waals surface area contributed by atoms with E-state index in [1.54, 1.807) is 26.4 Å². The first-order chi connectivity index (χ1) is 14.9.